The van der Waals surface area contributed by atoms with Crippen LogP contribution in [0, 0.1) is 0 Å². The first kappa shape index (κ1) is 44.0. The van der Waals surface area contributed by atoms with Crippen molar-refractivity contribution in [3.63, 3.8) is 0 Å². The van der Waals surface area contributed by atoms with Crippen molar-refractivity contribution in [3.05, 3.63) is 199 Å². The van der Waals surface area contributed by atoms with Crippen molar-refractivity contribution in [2.24, 2.45) is 0 Å². The van der Waals surface area contributed by atoms with E-state index in [1.54, 1.807) is 0 Å². The predicted molar refractivity (Wildman–Crippen MR) is 336 cm³/mol. The summed E-state index contributed by atoms with van der Waals surface area (Å²) in [4.78, 5) is 10.8. The number of furan rings is 1. The topological polar surface area (TPSA) is 22.9 Å². The number of nitrogens with zero attached hydrogens (tertiary/aromatic N) is 3. The summed E-state index contributed by atoms with van der Waals surface area (Å²) in [6.45, 7) is 14.3. The molecule has 0 fully saturated rings. The summed E-state index contributed by atoms with van der Waals surface area (Å²) in [5.74, 6) is 1.13. The van der Waals surface area contributed by atoms with Crippen molar-refractivity contribution in [3.8, 4) is 0 Å². The average Bonchev–Trinajstić information content (AvgIpc) is 2.15. The Hall–Kier alpha value is -7.99. The van der Waals surface area contributed by atoms with Crippen molar-refractivity contribution in [2.45, 2.75) is 69.1 Å². The van der Waals surface area contributed by atoms with Crippen LogP contribution in [0.2, 0.25) is 0 Å². The van der Waals surface area contributed by atoms with Gasteiger partial charge in [0.2, 0.25) is 6.71 Å². The van der Waals surface area contributed by atoms with Gasteiger partial charge in [-0.15, -0.1) is 0 Å². The first-order chi connectivity index (χ1) is 38.2. The lowest BCUT2D eigenvalue weighted by Crippen LogP contribution is -2.75. The number of hydrogen-bond donors (Lipinski definition) is 0. The van der Waals surface area contributed by atoms with E-state index in [0.29, 0.717) is 17.8 Å². The highest BCUT2D eigenvalue weighted by Gasteiger charge is 2.58. The molecule has 10 aromatic carbocycles. The van der Waals surface area contributed by atoms with Crippen molar-refractivity contribution >= 4 is 177 Å². The van der Waals surface area contributed by atoms with Gasteiger partial charge in [-0.3, -0.25) is 0 Å². The van der Waals surface area contributed by atoms with E-state index in [2.05, 4.69) is 238 Å². The SMILES string of the molecule is CC(C)c1cc(C(C)C)c(B2c3ccccc3Sc3cc4c(cc32)B2c3ccccc3N3c5ccc6c(oc7ccccc76)c5B5c6ccccc6N6c7ccccc7B7c8ccccc8N4c4c7c6c5c3c42)c(C(C)C)c1. The van der Waals surface area contributed by atoms with E-state index in [-0.39, 0.29) is 26.9 Å². The minimum Gasteiger partial charge on any atom is -0.457 e. The quantitative estimate of drug-likeness (QED) is 0.164. The van der Waals surface area contributed by atoms with E-state index < -0.39 is 0 Å². The molecule has 7 aliphatic rings. The summed E-state index contributed by atoms with van der Waals surface area (Å²) in [5, 5.41) is 2.32. The van der Waals surface area contributed by atoms with Crippen LogP contribution in [0.3, 0.4) is 0 Å². The smallest absolute Gasteiger partial charge is 0.256 e. The molecule has 0 radical (unpaired) electrons. The van der Waals surface area contributed by atoms with Gasteiger partial charge in [0, 0.05) is 71.7 Å². The van der Waals surface area contributed by atoms with Crippen LogP contribution in [-0.4, -0.2) is 26.9 Å². The summed E-state index contributed by atoms with van der Waals surface area (Å²) in [5.41, 5.74) is 34.3. The van der Waals surface area contributed by atoms with Crippen molar-refractivity contribution < 1.29 is 4.42 Å². The second-order valence-corrected chi connectivity index (χ2v) is 25.0. The largest absolute Gasteiger partial charge is 0.457 e. The Morgan fingerprint density at radius 1 is 0.346 bits per heavy atom. The molecule has 78 heavy (non-hydrogen) atoms. The Labute approximate surface area is 461 Å². The summed E-state index contributed by atoms with van der Waals surface area (Å²) in [6.07, 6.45) is 0. The Bertz CT molecular complexity index is 4530. The predicted octanol–water partition coefficient (Wildman–Crippen LogP) is 9.78. The molecule has 9 heteroatoms. The number of benzene rings is 10. The first-order valence-electron chi connectivity index (χ1n) is 28.3. The second kappa shape index (κ2) is 15.4. The van der Waals surface area contributed by atoms with E-state index >= 15 is 0 Å². The van der Waals surface area contributed by atoms with Crippen LogP contribution in [-0.2, 0) is 0 Å². The Morgan fingerprint density at radius 3 is 1.41 bits per heavy atom. The average molecular weight is 1010 g/mol. The maximum Gasteiger partial charge on any atom is 0.256 e. The Kier molecular flexibility index (Phi) is 8.69. The third kappa shape index (κ3) is 5.35. The number of para-hydroxylation sites is 5. The van der Waals surface area contributed by atoms with E-state index in [9.17, 15) is 0 Å². The molecule has 0 saturated heterocycles. The molecule has 7 aliphatic heterocycles. The monoisotopic (exact) mass is 1010 g/mol. The minimum atomic E-state index is -0.0955. The Balaban J connectivity index is 1.01. The molecule has 11 aromatic rings. The van der Waals surface area contributed by atoms with Crippen LogP contribution in [0.15, 0.2) is 196 Å². The molecule has 0 bridgehead atoms. The lowest BCUT2D eigenvalue weighted by Gasteiger charge is -2.55. The molecule has 18 rings (SSSR count). The van der Waals surface area contributed by atoms with E-state index in [4.69, 9.17) is 4.42 Å². The molecule has 0 aliphatic carbocycles. The third-order valence-electron chi connectivity index (χ3n) is 19.1. The van der Waals surface area contributed by atoms with Crippen LogP contribution < -0.4 is 80.3 Å². The third-order valence-corrected chi connectivity index (χ3v) is 20.2. The summed E-state index contributed by atoms with van der Waals surface area (Å²) < 4.78 is 7.22. The Morgan fingerprint density at radius 2 is 0.821 bits per heavy atom. The molecule has 0 atom stereocenters. The molecule has 0 N–H and O–H groups in total. The van der Waals surface area contributed by atoms with Crippen LogP contribution in [0.25, 0.3) is 21.9 Å². The first-order valence-corrected chi connectivity index (χ1v) is 29.1. The molecule has 0 saturated carbocycles. The van der Waals surface area contributed by atoms with Crippen molar-refractivity contribution in [2.75, 3.05) is 14.7 Å². The minimum absolute atomic E-state index is 0.0135. The van der Waals surface area contributed by atoms with Crippen molar-refractivity contribution in [1.82, 2.24) is 0 Å². The van der Waals surface area contributed by atoms with Gasteiger partial charge < -0.3 is 19.1 Å². The number of fused-ring (bicyclic) bond motifs is 24. The number of rotatable bonds is 4. The van der Waals surface area contributed by atoms with Gasteiger partial charge in [0.1, 0.15) is 11.2 Å². The van der Waals surface area contributed by atoms with Crippen LogP contribution >= 0.6 is 11.8 Å². The zero-order valence-electron chi connectivity index (χ0n) is 44.5. The van der Waals surface area contributed by atoms with Crippen molar-refractivity contribution in [1.29, 1.82) is 0 Å². The van der Waals surface area contributed by atoms with Crippen LogP contribution in [0.4, 0.5) is 51.2 Å². The molecule has 8 heterocycles. The molecule has 1 aromatic heterocycles. The fourth-order valence-electron chi connectivity index (χ4n) is 15.9. The summed E-state index contributed by atoms with van der Waals surface area (Å²) in [7, 11) is 0. The normalized spacial score (nSPS) is 14.9. The molecular weight excluding hydrogens is 962 g/mol. The van der Waals surface area contributed by atoms with Crippen LogP contribution in [0.5, 0.6) is 0 Å². The highest BCUT2D eigenvalue weighted by molar-refractivity contribution is 8.00. The lowest BCUT2D eigenvalue weighted by molar-refractivity contribution is 0.671. The van der Waals surface area contributed by atoms with Gasteiger partial charge in [0.05, 0.1) is 0 Å². The summed E-state index contributed by atoms with van der Waals surface area (Å²) >= 11 is 1.97. The highest BCUT2D eigenvalue weighted by atomic mass is 32.2. The summed E-state index contributed by atoms with van der Waals surface area (Å²) in [6, 6.07) is 70.6. The number of anilines is 9. The van der Waals surface area contributed by atoms with Gasteiger partial charge >= 0.3 is 0 Å². The second-order valence-electron chi connectivity index (χ2n) is 23.9. The molecular formula is C69H51B4N3OS. The molecule has 366 valence electrons. The van der Waals surface area contributed by atoms with Gasteiger partial charge in [-0.25, -0.2) is 0 Å². The van der Waals surface area contributed by atoms with Crippen LogP contribution in [0.1, 0.15) is 76.0 Å². The maximum atomic E-state index is 7.22. The number of hydrogen-bond acceptors (Lipinski definition) is 5. The standard InChI is InChI=1S/C69H51B4N3OS/c1-37(2)40-33-43(38(3)4)61(44(34-40)39(5)6)72-49-24-12-18-30-59(49)78-60-36-57-50(35-51(60)72)71-47-22-10-14-26-53(47)75-56-32-31-42-41-19-7-17-29-58(41)77-69(42)62(56)73-48-23-11-16-28-55(48)74-52-25-13-8-20-45(52)70-46-21-9-15-27-54(46)76(57)66-63(70)67(74)65(73)68(75)64(66)71/h7-39H,1-6H3. The van der Waals surface area contributed by atoms with Gasteiger partial charge in [0.25, 0.3) is 20.1 Å². The van der Waals surface area contributed by atoms with E-state index in [0.717, 1.165) is 16.6 Å². The van der Waals surface area contributed by atoms with Gasteiger partial charge in [-0.05, 0) is 138 Å². The molecule has 0 amide bonds. The zero-order valence-corrected chi connectivity index (χ0v) is 45.3. The van der Waals surface area contributed by atoms with Gasteiger partial charge in [-0.1, -0.05) is 197 Å². The molecule has 0 unspecified atom stereocenters. The molecule has 4 nitrogen and oxygen atoms in total. The molecule has 0 spiro atoms. The van der Waals surface area contributed by atoms with Gasteiger partial charge in [0.15, 0.2) is 0 Å². The van der Waals surface area contributed by atoms with E-state index in [1.165, 1.54) is 149 Å². The lowest BCUT2D eigenvalue weighted by atomic mass is 9.24. The van der Waals surface area contributed by atoms with E-state index in [1.807, 2.05) is 11.8 Å². The zero-order chi connectivity index (χ0) is 51.7. The maximum absolute atomic E-state index is 7.22. The van der Waals surface area contributed by atoms with Gasteiger partial charge in [-0.2, -0.15) is 0 Å². The highest BCUT2D eigenvalue weighted by Crippen LogP contribution is 2.52. The fourth-order valence-corrected chi connectivity index (χ4v) is 17.1. The fraction of sp³-hybridized carbons (Fsp3) is 0.130.